The molecule has 1 aromatic heterocycles. The average molecular weight is 318 g/mol. The molecule has 0 saturated heterocycles. The standard InChI is InChI=1S/C16H22N4O3/c1-10-7-12(11-5-6-13(22-3)14(8-11)23-4)20-16(17-10)18-15(19-20)9-21-2/h5-6,8,10,12H,7,9H2,1-4H3,(H,17,18,19)/t10-,12-/m0/s1. The van der Waals surface area contributed by atoms with Crippen LogP contribution in [0.1, 0.15) is 30.8 Å². The molecular weight excluding hydrogens is 296 g/mol. The Balaban J connectivity index is 2.00. The van der Waals surface area contributed by atoms with Crippen LogP contribution in [-0.2, 0) is 11.3 Å². The highest BCUT2D eigenvalue weighted by Gasteiger charge is 2.28. The van der Waals surface area contributed by atoms with Crippen LogP contribution in [0.5, 0.6) is 11.5 Å². The topological polar surface area (TPSA) is 70.4 Å². The zero-order valence-electron chi connectivity index (χ0n) is 13.9. The third-order valence-corrected chi connectivity index (χ3v) is 3.99. The molecule has 1 N–H and O–H groups in total. The Labute approximate surface area is 135 Å². The highest BCUT2D eigenvalue weighted by molar-refractivity contribution is 5.45. The molecule has 2 atom stereocenters. The SMILES string of the molecule is COCc1nc2n(n1)[C@H](c1ccc(OC)c(OC)c1)C[C@H](C)N2. The van der Waals surface area contributed by atoms with Crippen molar-refractivity contribution >= 4 is 5.95 Å². The highest BCUT2D eigenvalue weighted by atomic mass is 16.5. The van der Waals surface area contributed by atoms with Gasteiger partial charge in [0, 0.05) is 13.2 Å². The van der Waals surface area contributed by atoms with Crippen molar-refractivity contribution in [3.8, 4) is 11.5 Å². The number of methoxy groups -OCH3 is 3. The number of nitrogens with one attached hydrogen (secondary N) is 1. The molecule has 0 fully saturated rings. The lowest BCUT2D eigenvalue weighted by Crippen LogP contribution is -2.31. The second-order valence-electron chi connectivity index (χ2n) is 5.64. The second kappa shape index (κ2) is 6.45. The van der Waals surface area contributed by atoms with Crippen LogP contribution < -0.4 is 14.8 Å². The summed E-state index contributed by atoms with van der Waals surface area (Å²) >= 11 is 0. The fourth-order valence-electron chi connectivity index (χ4n) is 2.92. The van der Waals surface area contributed by atoms with Crippen molar-refractivity contribution in [2.45, 2.75) is 32.0 Å². The third-order valence-electron chi connectivity index (χ3n) is 3.99. The van der Waals surface area contributed by atoms with Crippen molar-refractivity contribution in [2.75, 3.05) is 26.6 Å². The van der Waals surface area contributed by atoms with Crippen LogP contribution in [0.4, 0.5) is 5.95 Å². The lowest BCUT2D eigenvalue weighted by molar-refractivity contribution is 0.177. The molecule has 0 bridgehead atoms. The van der Waals surface area contributed by atoms with E-state index in [2.05, 4.69) is 22.3 Å². The summed E-state index contributed by atoms with van der Waals surface area (Å²) in [5, 5.41) is 7.94. The minimum absolute atomic E-state index is 0.0964. The van der Waals surface area contributed by atoms with Gasteiger partial charge < -0.3 is 19.5 Å². The second-order valence-corrected chi connectivity index (χ2v) is 5.64. The van der Waals surface area contributed by atoms with Gasteiger partial charge in [-0.25, -0.2) is 4.68 Å². The van der Waals surface area contributed by atoms with E-state index in [1.54, 1.807) is 21.3 Å². The predicted octanol–water partition coefficient (Wildman–Crippen LogP) is 2.24. The zero-order valence-corrected chi connectivity index (χ0v) is 13.9. The first-order chi connectivity index (χ1) is 11.2. The van der Waals surface area contributed by atoms with E-state index < -0.39 is 0 Å². The third kappa shape index (κ3) is 2.96. The monoisotopic (exact) mass is 318 g/mol. The van der Waals surface area contributed by atoms with Gasteiger partial charge in [0.15, 0.2) is 17.3 Å². The maximum atomic E-state index is 5.42. The first-order valence-electron chi connectivity index (χ1n) is 7.59. The summed E-state index contributed by atoms with van der Waals surface area (Å²) < 4.78 is 17.8. The van der Waals surface area contributed by atoms with Crippen molar-refractivity contribution in [2.24, 2.45) is 0 Å². The van der Waals surface area contributed by atoms with Gasteiger partial charge in [-0.05, 0) is 31.0 Å². The Morgan fingerprint density at radius 2 is 2.00 bits per heavy atom. The van der Waals surface area contributed by atoms with Crippen molar-refractivity contribution in [3.05, 3.63) is 29.6 Å². The van der Waals surface area contributed by atoms with E-state index in [-0.39, 0.29) is 6.04 Å². The molecule has 0 unspecified atom stereocenters. The van der Waals surface area contributed by atoms with E-state index in [4.69, 9.17) is 14.2 Å². The quantitative estimate of drug-likeness (QED) is 0.911. The summed E-state index contributed by atoms with van der Waals surface area (Å²) in [6, 6.07) is 6.38. The highest BCUT2D eigenvalue weighted by Crippen LogP contribution is 2.36. The number of rotatable bonds is 5. The zero-order chi connectivity index (χ0) is 16.4. The minimum Gasteiger partial charge on any atom is -0.493 e. The van der Waals surface area contributed by atoms with E-state index in [1.807, 2.05) is 22.9 Å². The molecule has 1 aromatic carbocycles. The Kier molecular flexibility index (Phi) is 4.38. The largest absolute Gasteiger partial charge is 0.493 e. The van der Waals surface area contributed by atoms with Crippen LogP contribution in [0, 0.1) is 0 Å². The lowest BCUT2D eigenvalue weighted by atomic mass is 9.98. The van der Waals surface area contributed by atoms with E-state index in [0.29, 0.717) is 18.5 Å². The van der Waals surface area contributed by atoms with Gasteiger partial charge in [0.25, 0.3) is 0 Å². The van der Waals surface area contributed by atoms with Gasteiger partial charge >= 0.3 is 0 Å². The number of hydrogen-bond acceptors (Lipinski definition) is 6. The average Bonchev–Trinajstić information content (AvgIpc) is 2.96. The van der Waals surface area contributed by atoms with Crippen LogP contribution >= 0.6 is 0 Å². The van der Waals surface area contributed by atoms with Crippen molar-refractivity contribution in [3.63, 3.8) is 0 Å². The van der Waals surface area contributed by atoms with Gasteiger partial charge in [-0.1, -0.05) is 6.07 Å². The van der Waals surface area contributed by atoms with Gasteiger partial charge in [-0.2, -0.15) is 10.1 Å². The molecule has 124 valence electrons. The van der Waals surface area contributed by atoms with Crippen molar-refractivity contribution < 1.29 is 14.2 Å². The Hall–Kier alpha value is -2.28. The first kappa shape index (κ1) is 15.6. The van der Waals surface area contributed by atoms with Crippen molar-refractivity contribution in [1.29, 1.82) is 0 Å². The van der Waals surface area contributed by atoms with Gasteiger partial charge in [0.2, 0.25) is 5.95 Å². The summed E-state index contributed by atoms with van der Waals surface area (Å²) in [6.45, 7) is 2.54. The molecule has 1 aliphatic rings. The number of aromatic nitrogens is 3. The van der Waals surface area contributed by atoms with Crippen LogP contribution in [0.2, 0.25) is 0 Å². The van der Waals surface area contributed by atoms with Crippen LogP contribution in [0.3, 0.4) is 0 Å². The van der Waals surface area contributed by atoms with E-state index >= 15 is 0 Å². The fourth-order valence-corrected chi connectivity index (χ4v) is 2.92. The molecule has 2 aromatic rings. The van der Waals surface area contributed by atoms with Gasteiger partial charge in [-0.3, -0.25) is 0 Å². The number of hydrogen-bond donors (Lipinski definition) is 1. The summed E-state index contributed by atoms with van der Waals surface area (Å²) in [6.07, 6.45) is 0.915. The number of benzene rings is 1. The molecule has 2 heterocycles. The molecule has 0 spiro atoms. The maximum absolute atomic E-state index is 5.42. The fraction of sp³-hybridized carbons (Fsp3) is 0.500. The van der Waals surface area contributed by atoms with E-state index in [9.17, 15) is 0 Å². The molecule has 0 saturated carbocycles. The molecular formula is C16H22N4O3. The Bertz CT molecular complexity index is 686. The number of ether oxygens (including phenoxy) is 3. The normalized spacial score (nSPS) is 19.8. The number of nitrogens with zero attached hydrogens (tertiary/aromatic N) is 3. The van der Waals surface area contributed by atoms with Crippen molar-refractivity contribution in [1.82, 2.24) is 14.8 Å². The number of fused-ring (bicyclic) bond motifs is 1. The maximum Gasteiger partial charge on any atom is 0.222 e. The van der Waals surface area contributed by atoms with E-state index in [1.165, 1.54) is 0 Å². The molecule has 23 heavy (non-hydrogen) atoms. The smallest absolute Gasteiger partial charge is 0.222 e. The van der Waals surface area contributed by atoms with Crippen LogP contribution in [-0.4, -0.2) is 42.1 Å². The summed E-state index contributed by atoms with van der Waals surface area (Å²) in [5.41, 5.74) is 1.12. The molecule has 0 aliphatic carbocycles. The van der Waals surface area contributed by atoms with Crippen LogP contribution in [0.15, 0.2) is 18.2 Å². The summed E-state index contributed by atoms with van der Waals surface area (Å²) in [4.78, 5) is 4.50. The molecule has 1 aliphatic heterocycles. The predicted molar refractivity (Wildman–Crippen MR) is 86.1 cm³/mol. The first-order valence-corrected chi connectivity index (χ1v) is 7.59. The van der Waals surface area contributed by atoms with E-state index in [0.717, 1.165) is 29.4 Å². The molecule has 0 amide bonds. The summed E-state index contributed by atoms with van der Waals surface area (Å²) in [5.74, 6) is 2.89. The Morgan fingerprint density at radius 1 is 1.22 bits per heavy atom. The molecule has 7 heteroatoms. The minimum atomic E-state index is 0.0964. The molecule has 7 nitrogen and oxygen atoms in total. The number of anilines is 1. The molecule has 3 rings (SSSR count). The van der Waals surface area contributed by atoms with Gasteiger partial charge in [-0.15, -0.1) is 0 Å². The molecule has 0 radical (unpaired) electrons. The van der Waals surface area contributed by atoms with Gasteiger partial charge in [0.1, 0.15) is 6.61 Å². The lowest BCUT2D eigenvalue weighted by Gasteiger charge is -2.29. The van der Waals surface area contributed by atoms with Crippen LogP contribution in [0.25, 0.3) is 0 Å². The Morgan fingerprint density at radius 3 is 2.70 bits per heavy atom. The van der Waals surface area contributed by atoms with Gasteiger partial charge in [0.05, 0.1) is 20.3 Å². The summed E-state index contributed by atoms with van der Waals surface area (Å²) in [7, 11) is 4.92.